The largest absolute Gasteiger partial charge is 0.494 e. The van der Waals surface area contributed by atoms with Crippen molar-refractivity contribution in [3.05, 3.63) is 41.4 Å². The predicted molar refractivity (Wildman–Crippen MR) is 104 cm³/mol. The van der Waals surface area contributed by atoms with Crippen molar-refractivity contribution in [2.24, 2.45) is 0 Å². The average Bonchev–Trinajstić information content (AvgIpc) is 3.12. The summed E-state index contributed by atoms with van der Waals surface area (Å²) in [6.45, 7) is 6.52. The number of carbonyl (C=O) groups is 2. The van der Waals surface area contributed by atoms with E-state index in [1.807, 2.05) is 13.8 Å². The number of anilines is 1. The van der Waals surface area contributed by atoms with Crippen molar-refractivity contribution < 1.29 is 14.3 Å². The summed E-state index contributed by atoms with van der Waals surface area (Å²) in [5, 5.41) is 5.02. The molecule has 0 bridgehead atoms. The van der Waals surface area contributed by atoms with Crippen molar-refractivity contribution in [2.45, 2.75) is 39.7 Å². The molecule has 7 heteroatoms. The zero-order valence-electron chi connectivity index (χ0n) is 15.4. The first-order valence-corrected chi connectivity index (χ1v) is 9.62. The Morgan fingerprint density at radius 1 is 1.27 bits per heavy atom. The second kappa shape index (κ2) is 9.91. The Hall–Kier alpha value is -2.41. The van der Waals surface area contributed by atoms with Crippen molar-refractivity contribution in [3.8, 4) is 5.75 Å². The molecule has 0 unspecified atom stereocenters. The summed E-state index contributed by atoms with van der Waals surface area (Å²) in [7, 11) is 0. The van der Waals surface area contributed by atoms with E-state index in [4.69, 9.17) is 4.74 Å². The van der Waals surface area contributed by atoms with Crippen LogP contribution in [0.3, 0.4) is 0 Å². The lowest BCUT2D eigenvalue weighted by Crippen LogP contribution is -2.42. The van der Waals surface area contributed by atoms with Crippen LogP contribution in [0.1, 0.15) is 44.0 Å². The number of hydrogen-bond donors (Lipinski definition) is 1. The molecule has 1 aromatic heterocycles. The third-order valence-corrected chi connectivity index (χ3v) is 4.43. The van der Waals surface area contributed by atoms with E-state index < -0.39 is 0 Å². The van der Waals surface area contributed by atoms with Gasteiger partial charge in [-0.25, -0.2) is 4.98 Å². The smallest absolute Gasteiger partial charge is 0.254 e. The minimum atomic E-state index is -0.262. The van der Waals surface area contributed by atoms with Gasteiger partial charge in [-0.1, -0.05) is 13.3 Å². The first-order chi connectivity index (χ1) is 12.5. The van der Waals surface area contributed by atoms with Gasteiger partial charge in [0, 0.05) is 23.2 Å². The van der Waals surface area contributed by atoms with Gasteiger partial charge in [0.2, 0.25) is 5.91 Å². The number of hydrogen-bond acceptors (Lipinski definition) is 5. The SMILES string of the molecule is CCCCOc1ccc(C(=O)N(CC(=O)Nc2nccs2)C(C)C)cc1. The Kier molecular flexibility index (Phi) is 7.59. The second-order valence-corrected chi connectivity index (χ2v) is 7.03. The number of nitrogens with zero attached hydrogens (tertiary/aromatic N) is 2. The fourth-order valence-electron chi connectivity index (χ4n) is 2.28. The molecule has 140 valence electrons. The summed E-state index contributed by atoms with van der Waals surface area (Å²) >= 11 is 1.34. The lowest BCUT2D eigenvalue weighted by molar-refractivity contribution is -0.117. The number of thiazole rings is 1. The van der Waals surface area contributed by atoms with E-state index >= 15 is 0 Å². The summed E-state index contributed by atoms with van der Waals surface area (Å²) in [4.78, 5) is 30.6. The van der Waals surface area contributed by atoms with E-state index in [-0.39, 0.29) is 24.4 Å². The zero-order chi connectivity index (χ0) is 18.9. The molecule has 6 nitrogen and oxygen atoms in total. The van der Waals surface area contributed by atoms with E-state index in [0.717, 1.165) is 18.6 Å². The lowest BCUT2D eigenvalue weighted by atomic mass is 10.1. The molecular weight excluding hydrogens is 350 g/mol. The molecule has 0 saturated carbocycles. The van der Waals surface area contributed by atoms with Crippen LogP contribution in [0.2, 0.25) is 0 Å². The summed E-state index contributed by atoms with van der Waals surface area (Å²) < 4.78 is 5.62. The Morgan fingerprint density at radius 3 is 2.58 bits per heavy atom. The highest BCUT2D eigenvalue weighted by atomic mass is 32.1. The topological polar surface area (TPSA) is 71.5 Å². The van der Waals surface area contributed by atoms with Crippen molar-refractivity contribution >= 4 is 28.3 Å². The quantitative estimate of drug-likeness (QED) is 0.677. The first kappa shape index (κ1) is 19.9. The van der Waals surface area contributed by atoms with Gasteiger partial charge >= 0.3 is 0 Å². The Morgan fingerprint density at radius 2 is 2.00 bits per heavy atom. The monoisotopic (exact) mass is 375 g/mol. The summed E-state index contributed by atoms with van der Waals surface area (Å²) in [6, 6.07) is 6.94. The van der Waals surface area contributed by atoms with Crippen molar-refractivity contribution in [3.63, 3.8) is 0 Å². The maximum atomic E-state index is 12.8. The molecule has 1 aromatic carbocycles. The third-order valence-electron chi connectivity index (χ3n) is 3.74. The van der Waals surface area contributed by atoms with Gasteiger partial charge in [-0.3, -0.25) is 9.59 Å². The molecule has 1 heterocycles. The van der Waals surface area contributed by atoms with Crippen LogP contribution in [0.15, 0.2) is 35.8 Å². The number of amides is 2. The van der Waals surface area contributed by atoms with Crippen LogP contribution in [-0.4, -0.2) is 40.9 Å². The van der Waals surface area contributed by atoms with Gasteiger partial charge in [0.15, 0.2) is 5.13 Å². The fraction of sp³-hybridized carbons (Fsp3) is 0.421. The van der Waals surface area contributed by atoms with Crippen molar-refractivity contribution in [1.29, 1.82) is 0 Å². The molecule has 2 rings (SSSR count). The van der Waals surface area contributed by atoms with Crippen LogP contribution in [0, 0.1) is 0 Å². The number of benzene rings is 1. The molecule has 1 N–H and O–H groups in total. The normalized spacial score (nSPS) is 10.6. The number of unbranched alkanes of at least 4 members (excludes halogenated alkanes) is 1. The standard InChI is InChI=1S/C19H25N3O3S/c1-4-5-11-25-16-8-6-15(7-9-16)18(24)22(14(2)3)13-17(23)21-19-20-10-12-26-19/h6-10,12,14H,4-5,11,13H2,1-3H3,(H,20,21,23). The number of carbonyl (C=O) groups excluding carboxylic acids is 2. The Balaban J connectivity index is 1.99. The Bertz CT molecular complexity index is 699. The highest BCUT2D eigenvalue weighted by Gasteiger charge is 2.22. The van der Waals surface area contributed by atoms with Gasteiger partial charge in [0.1, 0.15) is 12.3 Å². The summed E-state index contributed by atoms with van der Waals surface area (Å²) in [5.74, 6) is 0.295. The number of nitrogens with one attached hydrogen (secondary N) is 1. The van der Waals surface area contributed by atoms with Gasteiger partial charge < -0.3 is 15.0 Å². The van der Waals surface area contributed by atoms with E-state index in [1.165, 1.54) is 16.2 Å². The molecule has 0 spiro atoms. The molecular formula is C19H25N3O3S. The minimum Gasteiger partial charge on any atom is -0.494 e. The van der Waals surface area contributed by atoms with E-state index in [0.29, 0.717) is 17.3 Å². The van der Waals surface area contributed by atoms with E-state index in [2.05, 4.69) is 17.2 Å². The fourth-order valence-corrected chi connectivity index (χ4v) is 2.83. The summed E-state index contributed by atoms with van der Waals surface area (Å²) in [6.07, 6.45) is 3.69. The molecule has 0 aliphatic carbocycles. The van der Waals surface area contributed by atoms with Crippen molar-refractivity contribution in [2.75, 3.05) is 18.5 Å². The number of rotatable bonds is 9. The maximum Gasteiger partial charge on any atom is 0.254 e. The van der Waals surface area contributed by atoms with Gasteiger partial charge in [0.05, 0.1) is 6.61 Å². The van der Waals surface area contributed by atoms with Crippen LogP contribution >= 0.6 is 11.3 Å². The molecule has 0 aliphatic rings. The predicted octanol–water partition coefficient (Wildman–Crippen LogP) is 3.81. The van der Waals surface area contributed by atoms with Crippen molar-refractivity contribution in [1.82, 2.24) is 9.88 Å². The van der Waals surface area contributed by atoms with E-state index in [1.54, 1.807) is 35.8 Å². The number of ether oxygens (including phenoxy) is 1. The van der Waals surface area contributed by atoms with Gasteiger partial charge in [-0.15, -0.1) is 11.3 Å². The van der Waals surface area contributed by atoms with Crippen LogP contribution in [-0.2, 0) is 4.79 Å². The third kappa shape index (κ3) is 5.84. The molecule has 2 amide bonds. The molecule has 0 radical (unpaired) electrons. The number of aromatic nitrogens is 1. The molecule has 0 fully saturated rings. The molecule has 0 saturated heterocycles. The lowest BCUT2D eigenvalue weighted by Gasteiger charge is -2.26. The first-order valence-electron chi connectivity index (χ1n) is 8.74. The molecule has 0 aliphatic heterocycles. The summed E-state index contributed by atoms with van der Waals surface area (Å²) in [5.41, 5.74) is 0.531. The van der Waals surface area contributed by atoms with Gasteiger partial charge in [0.25, 0.3) is 5.91 Å². The van der Waals surface area contributed by atoms with Gasteiger partial charge in [-0.05, 0) is 44.5 Å². The molecule has 26 heavy (non-hydrogen) atoms. The second-order valence-electron chi connectivity index (χ2n) is 6.14. The highest BCUT2D eigenvalue weighted by molar-refractivity contribution is 7.13. The highest BCUT2D eigenvalue weighted by Crippen LogP contribution is 2.16. The van der Waals surface area contributed by atoms with Crippen LogP contribution in [0.25, 0.3) is 0 Å². The average molecular weight is 375 g/mol. The van der Waals surface area contributed by atoms with Gasteiger partial charge in [-0.2, -0.15) is 0 Å². The van der Waals surface area contributed by atoms with E-state index in [9.17, 15) is 9.59 Å². The Labute approximate surface area is 158 Å². The van der Waals surface area contributed by atoms with Crippen LogP contribution in [0.5, 0.6) is 5.75 Å². The maximum absolute atomic E-state index is 12.8. The molecule has 2 aromatic rings. The molecule has 0 atom stereocenters. The zero-order valence-corrected chi connectivity index (χ0v) is 16.2. The minimum absolute atomic E-state index is 0.0230. The van der Waals surface area contributed by atoms with Crippen LogP contribution in [0.4, 0.5) is 5.13 Å². The van der Waals surface area contributed by atoms with Crippen LogP contribution < -0.4 is 10.1 Å².